The van der Waals surface area contributed by atoms with Crippen LogP contribution in [0.4, 0.5) is 4.39 Å². The Bertz CT molecular complexity index is 1060. The third-order valence-electron chi connectivity index (χ3n) is 5.87. The number of thiophene rings is 1. The van der Waals surface area contributed by atoms with E-state index < -0.39 is 42.5 Å². The van der Waals surface area contributed by atoms with Crippen molar-refractivity contribution in [3.63, 3.8) is 0 Å². The van der Waals surface area contributed by atoms with Gasteiger partial charge >= 0.3 is 0 Å². The molecule has 0 bridgehead atoms. The first kappa shape index (κ1) is 21.9. The van der Waals surface area contributed by atoms with Gasteiger partial charge in [-0.05, 0) is 61.6 Å². The Labute approximate surface area is 180 Å². The highest BCUT2D eigenvalue weighted by molar-refractivity contribution is 7.96. The first-order chi connectivity index (χ1) is 14.3. The van der Waals surface area contributed by atoms with Gasteiger partial charge in [0.2, 0.25) is 0 Å². The van der Waals surface area contributed by atoms with Crippen molar-refractivity contribution in [1.29, 1.82) is 0 Å². The van der Waals surface area contributed by atoms with E-state index in [0.29, 0.717) is 6.54 Å². The molecule has 0 saturated carbocycles. The lowest BCUT2D eigenvalue weighted by atomic mass is 10.2. The van der Waals surface area contributed by atoms with Crippen LogP contribution < -0.4 is 5.32 Å². The highest BCUT2D eigenvalue weighted by Crippen LogP contribution is 2.30. The highest BCUT2D eigenvalue weighted by Gasteiger charge is 2.46. The van der Waals surface area contributed by atoms with Gasteiger partial charge in [-0.3, -0.25) is 4.90 Å². The number of rotatable bonds is 7. The molecule has 2 aromatic rings. The molecule has 2 aliphatic rings. The summed E-state index contributed by atoms with van der Waals surface area (Å²) in [6.45, 7) is 2.44. The Morgan fingerprint density at radius 3 is 2.47 bits per heavy atom. The average molecular weight is 473 g/mol. The molecule has 10 heteroatoms. The molecule has 1 aromatic carbocycles. The van der Waals surface area contributed by atoms with Crippen molar-refractivity contribution in [3.05, 3.63) is 52.5 Å². The monoisotopic (exact) mass is 472 g/mol. The number of hydrogen-bond acceptors (Lipinski definition) is 7. The van der Waals surface area contributed by atoms with Crippen LogP contribution in [0.3, 0.4) is 0 Å². The minimum Gasteiger partial charge on any atom is -0.310 e. The number of nitrogens with one attached hydrogen (secondary N) is 1. The number of hydrogen-bond donors (Lipinski definition) is 1. The van der Waals surface area contributed by atoms with E-state index in [1.165, 1.54) is 17.0 Å². The zero-order valence-electron chi connectivity index (χ0n) is 16.4. The topological polar surface area (TPSA) is 83.6 Å². The molecule has 0 spiro atoms. The Morgan fingerprint density at radius 1 is 1.13 bits per heavy atom. The molecule has 0 aliphatic carbocycles. The minimum absolute atomic E-state index is 0.0489. The number of nitrogens with zero attached hydrogens (tertiary/aromatic N) is 1. The maximum atomic E-state index is 13.2. The number of sulfone groups is 2. The van der Waals surface area contributed by atoms with Gasteiger partial charge < -0.3 is 5.32 Å². The normalized spacial score (nSPS) is 25.5. The van der Waals surface area contributed by atoms with Crippen LogP contribution in [0, 0.1) is 5.82 Å². The van der Waals surface area contributed by atoms with Crippen molar-refractivity contribution in [3.8, 4) is 0 Å². The molecule has 1 unspecified atom stereocenters. The van der Waals surface area contributed by atoms with Crippen LogP contribution in [0.25, 0.3) is 0 Å². The van der Waals surface area contributed by atoms with Crippen molar-refractivity contribution in [2.45, 2.75) is 35.1 Å². The predicted molar refractivity (Wildman–Crippen MR) is 116 cm³/mol. The van der Waals surface area contributed by atoms with Crippen LogP contribution in [0.5, 0.6) is 0 Å². The van der Waals surface area contributed by atoms with E-state index >= 15 is 0 Å². The second kappa shape index (κ2) is 8.66. The van der Waals surface area contributed by atoms with Crippen LogP contribution in [0.1, 0.15) is 23.8 Å². The minimum atomic E-state index is -3.92. The predicted octanol–water partition coefficient (Wildman–Crippen LogP) is 2.25. The average Bonchev–Trinajstić information content (AvgIpc) is 3.44. The van der Waals surface area contributed by atoms with E-state index in [2.05, 4.69) is 16.3 Å². The fourth-order valence-electron chi connectivity index (χ4n) is 4.32. The lowest BCUT2D eigenvalue weighted by molar-refractivity contribution is 0.237. The van der Waals surface area contributed by atoms with E-state index in [1.807, 2.05) is 11.4 Å². The summed E-state index contributed by atoms with van der Waals surface area (Å²) in [7, 11) is -7.41. The van der Waals surface area contributed by atoms with Crippen LogP contribution in [0.15, 0.2) is 46.7 Å². The second-order valence-electron chi connectivity index (χ2n) is 7.90. The van der Waals surface area contributed by atoms with E-state index in [1.54, 1.807) is 11.3 Å². The molecule has 164 valence electrons. The molecule has 6 nitrogen and oxygen atoms in total. The lowest BCUT2D eigenvalue weighted by Gasteiger charge is -2.29. The molecule has 3 heterocycles. The van der Waals surface area contributed by atoms with Gasteiger partial charge in [-0.1, -0.05) is 6.07 Å². The third-order valence-corrected chi connectivity index (χ3v) is 11.0. The van der Waals surface area contributed by atoms with Gasteiger partial charge in [0.25, 0.3) is 0 Å². The first-order valence-electron chi connectivity index (χ1n) is 9.97. The first-order valence-corrected chi connectivity index (χ1v) is 14.2. The van der Waals surface area contributed by atoms with Gasteiger partial charge in [0.05, 0.1) is 27.7 Å². The van der Waals surface area contributed by atoms with Gasteiger partial charge in [0, 0.05) is 17.5 Å². The maximum Gasteiger partial charge on any atom is 0.183 e. The SMILES string of the molecule is O=S1(=O)C[C@H](NCC(c2cccs2)N2CCCC2)[C@@H](S(=O)(=O)c2ccc(F)cc2)C1. The third kappa shape index (κ3) is 4.62. The zero-order chi connectivity index (χ0) is 21.4. The van der Waals surface area contributed by atoms with Crippen molar-refractivity contribution < 1.29 is 21.2 Å². The number of likely N-dealkylation sites (tertiary alicyclic amines) is 1. The van der Waals surface area contributed by atoms with Crippen LogP contribution >= 0.6 is 11.3 Å². The second-order valence-corrected chi connectivity index (χ2v) is 13.2. The highest BCUT2D eigenvalue weighted by atomic mass is 32.2. The Balaban J connectivity index is 1.56. The van der Waals surface area contributed by atoms with Crippen LogP contribution in [-0.2, 0) is 19.7 Å². The maximum absolute atomic E-state index is 13.2. The molecule has 2 saturated heterocycles. The number of benzene rings is 1. The van der Waals surface area contributed by atoms with Crippen molar-refractivity contribution >= 4 is 31.0 Å². The van der Waals surface area contributed by atoms with Crippen molar-refractivity contribution in [2.75, 3.05) is 31.1 Å². The molecule has 0 amide bonds. The summed E-state index contributed by atoms with van der Waals surface area (Å²) in [6.07, 6.45) is 2.25. The van der Waals surface area contributed by atoms with Gasteiger partial charge in [0.15, 0.2) is 19.7 Å². The lowest BCUT2D eigenvalue weighted by Crippen LogP contribution is -2.46. The molecular weight excluding hydrogens is 447 g/mol. The fourth-order valence-corrected chi connectivity index (χ4v) is 9.89. The Morgan fingerprint density at radius 2 is 1.83 bits per heavy atom. The summed E-state index contributed by atoms with van der Waals surface area (Å²) in [5.41, 5.74) is 0. The van der Waals surface area contributed by atoms with Crippen molar-refractivity contribution in [2.24, 2.45) is 0 Å². The molecule has 4 rings (SSSR count). The molecule has 2 fully saturated rings. The smallest absolute Gasteiger partial charge is 0.183 e. The quantitative estimate of drug-likeness (QED) is 0.623. The summed E-state index contributed by atoms with van der Waals surface area (Å²) >= 11 is 1.65. The summed E-state index contributed by atoms with van der Waals surface area (Å²) in [4.78, 5) is 3.50. The fraction of sp³-hybridized carbons (Fsp3) is 0.500. The van der Waals surface area contributed by atoms with Gasteiger partial charge in [-0.2, -0.15) is 0 Å². The molecule has 3 atom stereocenters. The summed E-state index contributed by atoms with van der Waals surface area (Å²) in [6, 6.07) is 8.01. The summed E-state index contributed by atoms with van der Waals surface area (Å²) in [5, 5.41) is 4.20. The molecule has 0 radical (unpaired) electrons. The molecular formula is C20H25FN2O4S3. The summed E-state index contributed by atoms with van der Waals surface area (Å²) < 4.78 is 64.2. The molecule has 30 heavy (non-hydrogen) atoms. The Hall–Kier alpha value is -1.33. The van der Waals surface area contributed by atoms with Crippen molar-refractivity contribution in [1.82, 2.24) is 10.2 Å². The van der Waals surface area contributed by atoms with E-state index in [0.717, 1.165) is 38.1 Å². The standard InChI is InChI=1S/C20H25FN2O4S3/c21-15-5-7-16(8-6-15)30(26,27)20-14-29(24,25)13-17(20)22-12-18(19-4-3-11-28-19)23-9-1-2-10-23/h3-8,11,17-18,20,22H,1-2,9-10,12-14H2/t17-,18?,20-/m0/s1. The summed E-state index contributed by atoms with van der Waals surface area (Å²) in [5.74, 6) is -1.17. The molecule has 1 N–H and O–H groups in total. The van der Waals surface area contributed by atoms with Crippen LogP contribution in [-0.4, -0.2) is 64.2 Å². The van der Waals surface area contributed by atoms with E-state index in [9.17, 15) is 21.2 Å². The largest absolute Gasteiger partial charge is 0.310 e. The number of halogens is 1. The van der Waals surface area contributed by atoms with E-state index in [-0.39, 0.29) is 16.7 Å². The van der Waals surface area contributed by atoms with Crippen LogP contribution in [0.2, 0.25) is 0 Å². The molecule has 1 aromatic heterocycles. The van der Waals surface area contributed by atoms with Gasteiger partial charge in [-0.15, -0.1) is 11.3 Å². The zero-order valence-corrected chi connectivity index (χ0v) is 18.9. The van der Waals surface area contributed by atoms with Gasteiger partial charge in [0.1, 0.15) is 5.82 Å². The van der Waals surface area contributed by atoms with Gasteiger partial charge in [-0.25, -0.2) is 21.2 Å². The van der Waals surface area contributed by atoms with E-state index in [4.69, 9.17) is 0 Å². The molecule has 2 aliphatic heterocycles. The Kier molecular flexibility index (Phi) is 6.32.